The lowest BCUT2D eigenvalue weighted by Gasteiger charge is -2.32. The van der Waals surface area contributed by atoms with Crippen LogP contribution in [0.15, 0.2) is 71.7 Å². The summed E-state index contributed by atoms with van der Waals surface area (Å²) >= 11 is 0. The zero-order valence-corrected chi connectivity index (χ0v) is 20.5. The van der Waals surface area contributed by atoms with Gasteiger partial charge in [-0.2, -0.15) is 0 Å². The average Bonchev–Trinajstić information content (AvgIpc) is 2.91. The first-order valence-corrected chi connectivity index (χ1v) is 12.1. The van der Waals surface area contributed by atoms with Gasteiger partial charge in [0.2, 0.25) is 5.91 Å². The van der Waals surface area contributed by atoms with E-state index >= 15 is 0 Å². The number of hydrogen-bond acceptors (Lipinski definition) is 6. The molecule has 1 aliphatic rings. The number of ether oxygens (including phenoxy) is 1. The number of aryl methyl sites for hydroxylation is 1. The third-order valence-electron chi connectivity index (χ3n) is 6.60. The lowest BCUT2D eigenvalue weighted by molar-refractivity contribution is -0.120. The summed E-state index contributed by atoms with van der Waals surface area (Å²) in [6, 6.07) is 19.2. The lowest BCUT2D eigenvalue weighted by atomic mass is 9.97. The smallest absolute Gasteiger partial charge is 0.295 e. The van der Waals surface area contributed by atoms with E-state index in [4.69, 9.17) is 9.72 Å². The van der Waals surface area contributed by atoms with Crippen molar-refractivity contribution in [2.45, 2.75) is 26.3 Å². The van der Waals surface area contributed by atoms with Crippen LogP contribution in [0, 0.1) is 12.8 Å². The van der Waals surface area contributed by atoms with Crippen molar-refractivity contribution in [1.82, 2.24) is 14.5 Å². The summed E-state index contributed by atoms with van der Waals surface area (Å²) in [5, 5.41) is 2.99. The van der Waals surface area contributed by atoms with Gasteiger partial charge < -0.3 is 15.0 Å². The molecule has 1 amide bonds. The third kappa shape index (κ3) is 4.79. The van der Waals surface area contributed by atoms with E-state index in [1.165, 1.54) is 0 Å². The summed E-state index contributed by atoms with van der Waals surface area (Å²) in [6.07, 6.45) is 3.20. The molecule has 0 saturated carbocycles. The Labute approximate surface area is 209 Å². The van der Waals surface area contributed by atoms with Gasteiger partial charge in [0.15, 0.2) is 11.5 Å². The van der Waals surface area contributed by atoms with Gasteiger partial charge in [-0.1, -0.05) is 42.0 Å². The number of carbonyl (C=O) groups is 1. The average molecular weight is 484 g/mol. The molecule has 1 fully saturated rings. The fourth-order valence-electron chi connectivity index (χ4n) is 4.66. The molecule has 184 valence electrons. The number of benzene rings is 2. The Kier molecular flexibility index (Phi) is 6.66. The number of para-hydroxylation sites is 2. The SMILES string of the molecule is COc1ccccc1NC(=O)C1CCCN(c2nc3cccnc3n(Cc3ccc(C)cc3)c2=O)C1. The van der Waals surface area contributed by atoms with Gasteiger partial charge in [-0.3, -0.25) is 14.2 Å². The maximum atomic E-state index is 13.7. The number of amides is 1. The zero-order chi connectivity index (χ0) is 25.1. The molecule has 1 aliphatic heterocycles. The van der Waals surface area contributed by atoms with Crippen LogP contribution in [-0.4, -0.2) is 40.6 Å². The Morgan fingerprint density at radius 3 is 2.72 bits per heavy atom. The molecule has 4 aromatic rings. The quantitative estimate of drug-likeness (QED) is 0.446. The van der Waals surface area contributed by atoms with E-state index in [0.717, 1.165) is 24.0 Å². The van der Waals surface area contributed by atoms with E-state index in [1.807, 2.05) is 72.5 Å². The standard InChI is InChI=1S/C28H29N5O3/c1-19-11-13-20(14-12-19)17-33-25-23(9-5-15-29-25)30-26(28(33)35)32-16-6-7-21(18-32)27(34)31-22-8-3-4-10-24(22)36-2/h3-5,8-15,21H,6-7,16-18H2,1-2H3,(H,31,34). The predicted octanol–water partition coefficient (Wildman–Crippen LogP) is 4.01. The van der Waals surface area contributed by atoms with Crippen LogP contribution >= 0.6 is 0 Å². The Morgan fingerprint density at radius 2 is 1.92 bits per heavy atom. The van der Waals surface area contributed by atoms with Gasteiger partial charge in [-0.25, -0.2) is 9.97 Å². The normalized spacial score (nSPS) is 15.6. The van der Waals surface area contributed by atoms with Crippen molar-refractivity contribution in [1.29, 1.82) is 0 Å². The molecule has 8 heteroatoms. The summed E-state index contributed by atoms with van der Waals surface area (Å²) < 4.78 is 7.05. The second-order valence-electron chi connectivity index (χ2n) is 9.13. The van der Waals surface area contributed by atoms with Gasteiger partial charge >= 0.3 is 0 Å². The Morgan fingerprint density at radius 1 is 1.11 bits per heavy atom. The van der Waals surface area contributed by atoms with Crippen molar-refractivity contribution in [3.8, 4) is 5.75 Å². The van der Waals surface area contributed by atoms with Crippen LogP contribution in [0.4, 0.5) is 11.5 Å². The third-order valence-corrected chi connectivity index (χ3v) is 6.60. The van der Waals surface area contributed by atoms with Crippen LogP contribution in [0.3, 0.4) is 0 Å². The molecule has 2 aromatic carbocycles. The first kappa shape index (κ1) is 23.5. The fraction of sp³-hybridized carbons (Fsp3) is 0.286. The summed E-state index contributed by atoms with van der Waals surface area (Å²) in [7, 11) is 1.58. The number of rotatable bonds is 6. The van der Waals surface area contributed by atoms with Crippen molar-refractivity contribution in [3.63, 3.8) is 0 Å². The minimum absolute atomic E-state index is 0.0911. The molecule has 1 unspecified atom stereocenters. The van der Waals surface area contributed by atoms with Crippen LogP contribution in [0.2, 0.25) is 0 Å². The van der Waals surface area contributed by atoms with E-state index in [-0.39, 0.29) is 17.4 Å². The zero-order valence-electron chi connectivity index (χ0n) is 20.5. The summed E-state index contributed by atoms with van der Waals surface area (Å²) in [4.78, 5) is 37.9. The van der Waals surface area contributed by atoms with Crippen molar-refractivity contribution < 1.29 is 9.53 Å². The van der Waals surface area contributed by atoms with Gasteiger partial charge in [-0.05, 0) is 49.6 Å². The number of nitrogens with zero attached hydrogens (tertiary/aromatic N) is 4. The van der Waals surface area contributed by atoms with Crippen molar-refractivity contribution in [2.75, 3.05) is 30.4 Å². The molecule has 5 rings (SSSR count). The molecule has 1 N–H and O–H groups in total. The maximum Gasteiger partial charge on any atom is 0.295 e. The number of piperidine rings is 1. The lowest BCUT2D eigenvalue weighted by Crippen LogP contribution is -2.44. The number of anilines is 2. The van der Waals surface area contributed by atoms with Gasteiger partial charge in [0.05, 0.1) is 25.3 Å². The first-order valence-electron chi connectivity index (χ1n) is 12.1. The van der Waals surface area contributed by atoms with Crippen LogP contribution < -0.4 is 20.5 Å². The van der Waals surface area contributed by atoms with Gasteiger partial charge in [0.1, 0.15) is 11.3 Å². The first-order chi connectivity index (χ1) is 17.5. The van der Waals surface area contributed by atoms with Crippen molar-refractivity contribution in [2.24, 2.45) is 5.92 Å². The van der Waals surface area contributed by atoms with E-state index in [9.17, 15) is 9.59 Å². The Hall–Kier alpha value is -4.20. The largest absolute Gasteiger partial charge is 0.495 e. The number of carbonyl (C=O) groups excluding carboxylic acids is 1. The molecule has 0 aliphatic carbocycles. The van der Waals surface area contributed by atoms with Crippen LogP contribution in [-0.2, 0) is 11.3 Å². The number of hydrogen-bond donors (Lipinski definition) is 1. The van der Waals surface area contributed by atoms with Crippen molar-refractivity contribution in [3.05, 3.63) is 88.3 Å². The molecule has 0 spiro atoms. The summed E-state index contributed by atoms with van der Waals surface area (Å²) in [6.45, 7) is 3.51. The molecular weight excluding hydrogens is 454 g/mol. The summed E-state index contributed by atoms with van der Waals surface area (Å²) in [5.41, 5.74) is 3.81. The highest BCUT2D eigenvalue weighted by Crippen LogP contribution is 2.26. The van der Waals surface area contributed by atoms with E-state index in [0.29, 0.717) is 48.1 Å². The molecule has 0 bridgehead atoms. The molecular formula is C28H29N5O3. The molecule has 1 atom stereocenters. The molecule has 3 heterocycles. The van der Waals surface area contributed by atoms with E-state index < -0.39 is 0 Å². The van der Waals surface area contributed by atoms with Gasteiger partial charge in [-0.15, -0.1) is 0 Å². The maximum absolute atomic E-state index is 13.7. The van der Waals surface area contributed by atoms with Crippen LogP contribution in [0.5, 0.6) is 5.75 Å². The highest BCUT2D eigenvalue weighted by molar-refractivity contribution is 5.94. The van der Waals surface area contributed by atoms with Crippen LogP contribution in [0.1, 0.15) is 24.0 Å². The molecule has 36 heavy (non-hydrogen) atoms. The topological polar surface area (TPSA) is 89.3 Å². The Bertz CT molecular complexity index is 1450. The Balaban J connectivity index is 1.44. The number of nitrogens with one attached hydrogen (secondary N) is 1. The minimum Gasteiger partial charge on any atom is -0.495 e. The number of fused-ring (bicyclic) bond motifs is 1. The fourth-order valence-corrected chi connectivity index (χ4v) is 4.66. The molecule has 0 radical (unpaired) electrons. The van der Waals surface area contributed by atoms with Gasteiger partial charge in [0, 0.05) is 19.3 Å². The van der Waals surface area contributed by atoms with E-state index in [1.54, 1.807) is 17.9 Å². The second kappa shape index (κ2) is 10.2. The monoisotopic (exact) mass is 483 g/mol. The van der Waals surface area contributed by atoms with E-state index in [2.05, 4.69) is 10.3 Å². The number of methoxy groups -OCH3 is 1. The second-order valence-corrected chi connectivity index (χ2v) is 9.13. The van der Waals surface area contributed by atoms with Crippen LogP contribution in [0.25, 0.3) is 11.2 Å². The number of pyridine rings is 1. The van der Waals surface area contributed by atoms with Crippen molar-refractivity contribution >= 4 is 28.6 Å². The number of aromatic nitrogens is 3. The van der Waals surface area contributed by atoms with Gasteiger partial charge in [0.25, 0.3) is 5.56 Å². The molecule has 2 aromatic heterocycles. The molecule has 1 saturated heterocycles. The molecule has 8 nitrogen and oxygen atoms in total. The minimum atomic E-state index is -0.278. The highest BCUT2D eigenvalue weighted by Gasteiger charge is 2.29. The summed E-state index contributed by atoms with van der Waals surface area (Å²) in [5.74, 6) is 0.602. The highest BCUT2D eigenvalue weighted by atomic mass is 16.5. The predicted molar refractivity (Wildman–Crippen MR) is 141 cm³/mol.